The molecule has 8 nitrogen and oxygen atoms in total. The molecule has 1 saturated heterocycles. The van der Waals surface area contributed by atoms with Gasteiger partial charge in [0.05, 0.1) is 5.75 Å². The second kappa shape index (κ2) is 6.67. The molecule has 3 rings (SSSR count). The predicted molar refractivity (Wildman–Crippen MR) is 94.2 cm³/mol. The highest BCUT2D eigenvalue weighted by atomic mass is 32.2. The zero-order valence-corrected chi connectivity index (χ0v) is 14.7. The van der Waals surface area contributed by atoms with E-state index >= 15 is 0 Å². The van der Waals surface area contributed by atoms with Crippen LogP contribution in [-0.2, 0) is 16.1 Å². The maximum absolute atomic E-state index is 12.7. The number of benzene rings is 1. The number of rotatable bonds is 4. The average molecular weight is 360 g/mol. The molecule has 4 amide bonds. The van der Waals surface area contributed by atoms with Crippen LogP contribution in [0.3, 0.4) is 0 Å². The number of urea groups is 1. The van der Waals surface area contributed by atoms with Crippen LogP contribution in [0.2, 0.25) is 0 Å². The highest BCUT2D eigenvalue weighted by Crippen LogP contribution is 2.24. The summed E-state index contributed by atoms with van der Waals surface area (Å²) in [6, 6.07) is 8.50. The summed E-state index contributed by atoms with van der Waals surface area (Å²) >= 11 is 1.16. The number of carbonyl (C=O) groups excluding carboxylic acids is 3. The summed E-state index contributed by atoms with van der Waals surface area (Å²) in [6.07, 6.45) is 0. The monoisotopic (exact) mass is 360 g/mol. The normalized spacial score (nSPS) is 20.1. The number of aliphatic imine (C=N–C) groups is 1. The Morgan fingerprint density at radius 1 is 1.24 bits per heavy atom. The molecule has 1 atom stereocenters. The van der Waals surface area contributed by atoms with Gasteiger partial charge in [0.25, 0.3) is 17.8 Å². The van der Waals surface area contributed by atoms with Crippen LogP contribution in [-0.4, -0.2) is 69.1 Å². The van der Waals surface area contributed by atoms with Crippen molar-refractivity contribution in [1.82, 2.24) is 9.80 Å². The summed E-state index contributed by atoms with van der Waals surface area (Å²) < 4.78 is 1.81. The van der Waals surface area contributed by atoms with E-state index < -0.39 is 18.0 Å². The Balaban J connectivity index is 2.00. The van der Waals surface area contributed by atoms with Crippen molar-refractivity contribution in [3.05, 3.63) is 35.9 Å². The van der Waals surface area contributed by atoms with E-state index in [1.807, 2.05) is 30.3 Å². The summed E-state index contributed by atoms with van der Waals surface area (Å²) in [5.74, 6) is -0.394. The fraction of sp³-hybridized carbons (Fsp3) is 0.312. The molecular formula is C16H18N5O3S+. The predicted octanol–water partition coefficient (Wildman–Crippen LogP) is 0.0781. The fourth-order valence-electron chi connectivity index (χ4n) is 2.77. The maximum atomic E-state index is 12.7. The van der Waals surface area contributed by atoms with Gasteiger partial charge in [-0.15, -0.1) is 0 Å². The lowest BCUT2D eigenvalue weighted by molar-refractivity contribution is -0.548. The molecule has 0 radical (unpaired) electrons. The topological polar surface area (TPSA) is 99.1 Å². The molecule has 1 aromatic carbocycles. The molecule has 2 heterocycles. The molecule has 1 unspecified atom stereocenters. The molecule has 0 aromatic heterocycles. The number of imide groups is 1. The third kappa shape index (κ3) is 3.14. The van der Waals surface area contributed by atoms with Crippen molar-refractivity contribution in [1.29, 1.82) is 0 Å². The van der Waals surface area contributed by atoms with Gasteiger partial charge in [-0.1, -0.05) is 30.3 Å². The van der Waals surface area contributed by atoms with E-state index in [-0.39, 0.29) is 11.7 Å². The van der Waals surface area contributed by atoms with Crippen LogP contribution < -0.4 is 5.73 Å². The average Bonchev–Trinajstić information content (AvgIpc) is 2.95. The Hall–Kier alpha value is -2.68. The quantitative estimate of drug-likeness (QED) is 0.769. The molecule has 0 saturated carbocycles. The van der Waals surface area contributed by atoms with E-state index in [0.717, 1.165) is 22.2 Å². The van der Waals surface area contributed by atoms with Gasteiger partial charge in [0.15, 0.2) is 0 Å². The number of carbonyl (C=O) groups is 3. The third-order valence-corrected chi connectivity index (χ3v) is 5.05. The number of nitrogens with zero attached hydrogens (tertiary/aromatic N) is 4. The van der Waals surface area contributed by atoms with Crippen LogP contribution in [0.4, 0.5) is 4.79 Å². The molecule has 0 bridgehead atoms. The molecule has 130 valence electrons. The molecule has 0 spiro atoms. The number of thioether (sulfide) groups is 1. The summed E-state index contributed by atoms with van der Waals surface area (Å²) in [6.45, 7) is 0.432. The number of hydrogen-bond donors (Lipinski definition) is 1. The lowest BCUT2D eigenvalue weighted by Crippen LogP contribution is -2.61. The zero-order valence-electron chi connectivity index (χ0n) is 13.9. The number of amidine groups is 2. The van der Waals surface area contributed by atoms with E-state index in [9.17, 15) is 14.4 Å². The van der Waals surface area contributed by atoms with Crippen LogP contribution in [0.15, 0.2) is 35.3 Å². The van der Waals surface area contributed by atoms with Gasteiger partial charge >= 0.3 is 11.2 Å². The highest BCUT2D eigenvalue weighted by Gasteiger charge is 2.53. The molecule has 2 aliphatic heterocycles. The molecule has 1 aromatic rings. The van der Waals surface area contributed by atoms with Crippen LogP contribution in [0.5, 0.6) is 0 Å². The van der Waals surface area contributed by atoms with Crippen molar-refractivity contribution in [3.63, 3.8) is 0 Å². The number of amides is 4. The fourth-order valence-corrected chi connectivity index (χ4v) is 3.53. The zero-order chi connectivity index (χ0) is 18.1. The minimum Gasteiger partial charge on any atom is -0.369 e. The number of likely N-dealkylation sites (N-methyl/N-ethyl adjacent to an activating group) is 2. The van der Waals surface area contributed by atoms with Gasteiger partial charge in [0.1, 0.15) is 6.54 Å². The van der Waals surface area contributed by atoms with Crippen molar-refractivity contribution in [2.45, 2.75) is 12.6 Å². The number of hydrogen-bond acceptors (Lipinski definition) is 5. The first-order valence-electron chi connectivity index (χ1n) is 7.62. The number of nitrogens with two attached hydrogens (primary N) is 1. The maximum Gasteiger partial charge on any atom is 0.358 e. The molecule has 2 N–H and O–H groups in total. The smallest absolute Gasteiger partial charge is 0.358 e. The molecule has 25 heavy (non-hydrogen) atoms. The van der Waals surface area contributed by atoms with Crippen LogP contribution >= 0.6 is 11.8 Å². The largest absolute Gasteiger partial charge is 0.369 e. The molecule has 9 heteroatoms. The van der Waals surface area contributed by atoms with E-state index in [1.54, 1.807) is 11.6 Å². The summed E-state index contributed by atoms with van der Waals surface area (Å²) in [5.41, 5.74) is 6.23. The van der Waals surface area contributed by atoms with Crippen molar-refractivity contribution in [2.24, 2.45) is 10.7 Å². The minimum absolute atomic E-state index is 0.0474. The summed E-state index contributed by atoms with van der Waals surface area (Å²) in [4.78, 5) is 42.9. The first-order valence-corrected chi connectivity index (χ1v) is 8.61. The lowest BCUT2D eigenvalue weighted by Gasteiger charge is -2.30. The van der Waals surface area contributed by atoms with Gasteiger partial charge in [-0.05, 0) is 22.3 Å². The molecule has 1 fully saturated rings. The van der Waals surface area contributed by atoms with Crippen molar-refractivity contribution in [2.75, 3.05) is 19.8 Å². The van der Waals surface area contributed by atoms with E-state index in [1.165, 1.54) is 11.9 Å². The molecule has 2 aliphatic rings. The molecule has 0 aliphatic carbocycles. The lowest BCUT2D eigenvalue weighted by atomic mass is 10.1. The van der Waals surface area contributed by atoms with Gasteiger partial charge in [0, 0.05) is 14.1 Å². The van der Waals surface area contributed by atoms with E-state index in [2.05, 4.69) is 4.99 Å². The van der Waals surface area contributed by atoms with Gasteiger partial charge in [-0.2, -0.15) is 0 Å². The van der Waals surface area contributed by atoms with E-state index in [4.69, 9.17) is 5.73 Å². The standard InChI is InChI=1S/C16H17N5O3S/c1-19-13-12(14(23)20(2)16(19)24)21(8-10-6-4-3-5-7-10)15(18-13)25-9-11(17)22/h3-7,12H,8-9H2,1-2H3,(H-,17,22)/p+1. The van der Waals surface area contributed by atoms with Crippen molar-refractivity contribution < 1.29 is 19.0 Å². The first-order chi connectivity index (χ1) is 11.9. The van der Waals surface area contributed by atoms with Crippen LogP contribution in [0, 0.1) is 0 Å². The second-order valence-corrected chi connectivity index (χ2v) is 6.70. The Bertz CT molecular complexity index is 805. The minimum atomic E-state index is -0.691. The first kappa shape index (κ1) is 17.2. The van der Waals surface area contributed by atoms with Gasteiger partial charge in [-0.3, -0.25) is 19.4 Å². The van der Waals surface area contributed by atoms with E-state index in [0.29, 0.717) is 17.5 Å². The Morgan fingerprint density at radius 3 is 2.56 bits per heavy atom. The number of primary amides is 1. The SMILES string of the molecule is CN1C(=O)C2C(=NC(SCC(N)=O)=[N+]2Cc2ccccc2)N(C)C1=O. The Labute approximate surface area is 149 Å². The van der Waals surface area contributed by atoms with Gasteiger partial charge in [0.2, 0.25) is 5.91 Å². The van der Waals surface area contributed by atoms with Gasteiger partial charge < -0.3 is 5.73 Å². The third-order valence-electron chi connectivity index (χ3n) is 4.03. The number of fused-ring (bicyclic) bond motifs is 1. The second-order valence-electron chi connectivity index (χ2n) is 5.76. The van der Waals surface area contributed by atoms with Crippen molar-refractivity contribution in [3.8, 4) is 0 Å². The summed E-state index contributed by atoms with van der Waals surface area (Å²) in [7, 11) is 3.03. The Kier molecular flexibility index (Phi) is 4.58. The highest BCUT2D eigenvalue weighted by molar-refractivity contribution is 8.14. The van der Waals surface area contributed by atoms with Crippen LogP contribution in [0.1, 0.15) is 5.56 Å². The molecular weight excluding hydrogens is 342 g/mol. The summed E-state index contributed by atoms with van der Waals surface area (Å²) in [5, 5.41) is 0.506. The van der Waals surface area contributed by atoms with Crippen molar-refractivity contribution >= 4 is 40.6 Å². The van der Waals surface area contributed by atoms with Crippen LogP contribution in [0.25, 0.3) is 0 Å². The Morgan fingerprint density at radius 2 is 1.92 bits per heavy atom. The van der Waals surface area contributed by atoms with Gasteiger partial charge in [-0.25, -0.2) is 9.37 Å².